The number of hydrogen-bond donors (Lipinski definition) is 0. The van der Waals surface area contributed by atoms with E-state index in [1.807, 2.05) is 93.6 Å². The molecule has 3 nitrogen and oxygen atoms in total. The summed E-state index contributed by atoms with van der Waals surface area (Å²) in [5.74, 6) is 7.27. The van der Waals surface area contributed by atoms with Gasteiger partial charge in [0.2, 0.25) is 0 Å². The van der Waals surface area contributed by atoms with Crippen molar-refractivity contribution in [2.45, 2.75) is 33.3 Å². The maximum atomic E-state index is 11.4. The predicted molar refractivity (Wildman–Crippen MR) is 126 cm³/mol. The van der Waals surface area contributed by atoms with Crippen molar-refractivity contribution in [1.82, 2.24) is 0 Å². The first kappa shape index (κ1) is 22.3. The van der Waals surface area contributed by atoms with E-state index in [1.54, 1.807) is 6.92 Å². The first-order chi connectivity index (χ1) is 14.8. The molecule has 3 heteroatoms. The van der Waals surface area contributed by atoms with Gasteiger partial charge in [0, 0.05) is 16.7 Å². The van der Waals surface area contributed by atoms with Crippen molar-refractivity contribution in [2.75, 3.05) is 13.2 Å². The Hall–Kier alpha value is -3.35. The first-order valence-corrected chi connectivity index (χ1v) is 10.4. The average molecular weight is 413 g/mol. The number of benzene rings is 3. The van der Waals surface area contributed by atoms with Crippen LogP contribution >= 0.6 is 0 Å². The fraction of sp³-hybridized carbons (Fsp3) is 0.250. The van der Waals surface area contributed by atoms with Crippen molar-refractivity contribution in [2.24, 2.45) is 0 Å². The lowest BCUT2D eigenvalue weighted by Gasteiger charge is -2.19. The third-order valence-electron chi connectivity index (χ3n) is 4.60. The van der Waals surface area contributed by atoms with Gasteiger partial charge in [-0.1, -0.05) is 48.2 Å². The van der Waals surface area contributed by atoms with E-state index >= 15 is 0 Å². The second-order valence-electron chi connectivity index (χ2n) is 8.29. The highest BCUT2D eigenvalue weighted by Gasteiger charge is 2.09. The fourth-order valence-corrected chi connectivity index (χ4v) is 2.93. The summed E-state index contributed by atoms with van der Waals surface area (Å²) in [6.45, 7) is 8.74. The first-order valence-electron chi connectivity index (χ1n) is 10.4. The van der Waals surface area contributed by atoms with Crippen LogP contribution in [0.1, 0.15) is 49.2 Å². The minimum atomic E-state index is -0.152. The lowest BCUT2D eigenvalue weighted by Crippen LogP contribution is -2.22. The largest absolute Gasteiger partial charge is 0.491 e. The van der Waals surface area contributed by atoms with Gasteiger partial charge in [-0.25, -0.2) is 0 Å². The molecule has 0 amide bonds. The molecule has 0 radical (unpaired) electrons. The number of Topliss-reactive ketones (excluding diaryl/α,β-unsaturated/α-hetero) is 1. The van der Waals surface area contributed by atoms with E-state index in [2.05, 4.69) is 11.8 Å². The van der Waals surface area contributed by atoms with Crippen LogP contribution in [0.3, 0.4) is 0 Å². The highest BCUT2D eigenvalue weighted by atomic mass is 16.5. The smallest absolute Gasteiger partial charge is 0.159 e. The van der Waals surface area contributed by atoms with Gasteiger partial charge >= 0.3 is 0 Å². The molecule has 3 aromatic rings. The Morgan fingerprint density at radius 2 is 1.23 bits per heavy atom. The molecule has 0 spiro atoms. The monoisotopic (exact) mass is 412 g/mol. The van der Waals surface area contributed by atoms with Crippen LogP contribution in [0.4, 0.5) is 0 Å². The Bertz CT molecular complexity index is 1060. The van der Waals surface area contributed by atoms with Gasteiger partial charge in [0.1, 0.15) is 12.4 Å². The van der Waals surface area contributed by atoms with Gasteiger partial charge in [0.05, 0.1) is 12.2 Å². The van der Waals surface area contributed by atoms with Crippen molar-refractivity contribution in [3.8, 4) is 28.7 Å². The average Bonchev–Trinajstić information content (AvgIpc) is 2.76. The summed E-state index contributed by atoms with van der Waals surface area (Å²) in [7, 11) is 0. The summed E-state index contributed by atoms with van der Waals surface area (Å²) in [5.41, 5.74) is 4.62. The normalized spacial score (nSPS) is 10.8. The van der Waals surface area contributed by atoms with Crippen molar-refractivity contribution < 1.29 is 14.3 Å². The molecule has 3 rings (SSSR count). The van der Waals surface area contributed by atoms with Crippen molar-refractivity contribution in [3.05, 3.63) is 89.5 Å². The van der Waals surface area contributed by atoms with Crippen LogP contribution in [-0.2, 0) is 4.74 Å². The van der Waals surface area contributed by atoms with Gasteiger partial charge in [0.25, 0.3) is 0 Å². The molecule has 0 aliphatic heterocycles. The molecule has 31 heavy (non-hydrogen) atoms. The van der Waals surface area contributed by atoms with Gasteiger partial charge in [-0.05, 0) is 75.2 Å². The zero-order valence-electron chi connectivity index (χ0n) is 18.6. The van der Waals surface area contributed by atoms with Gasteiger partial charge < -0.3 is 9.47 Å². The van der Waals surface area contributed by atoms with Crippen LogP contribution in [0.25, 0.3) is 11.1 Å². The molecule has 0 bridgehead atoms. The predicted octanol–water partition coefficient (Wildman–Crippen LogP) is 6.15. The molecular formula is C28H28O3. The molecule has 0 saturated heterocycles. The molecule has 158 valence electrons. The Morgan fingerprint density at radius 1 is 0.742 bits per heavy atom. The number of ketones is 1. The van der Waals surface area contributed by atoms with E-state index < -0.39 is 0 Å². The van der Waals surface area contributed by atoms with Crippen molar-refractivity contribution in [3.63, 3.8) is 0 Å². The van der Waals surface area contributed by atoms with Gasteiger partial charge in [-0.2, -0.15) is 0 Å². The summed E-state index contributed by atoms with van der Waals surface area (Å²) < 4.78 is 11.4. The highest BCUT2D eigenvalue weighted by molar-refractivity contribution is 5.94. The Balaban J connectivity index is 1.57. The summed E-state index contributed by atoms with van der Waals surface area (Å²) in [5, 5.41) is 0. The lowest BCUT2D eigenvalue weighted by molar-refractivity contribution is -0.0163. The molecule has 0 heterocycles. The number of carbonyl (C=O) groups is 1. The highest BCUT2D eigenvalue weighted by Crippen LogP contribution is 2.20. The molecule has 0 aliphatic rings. The molecule has 0 atom stereocenters. The van der Waals surface area contributed by atoms with Crippen LogP contribution in [0.5, 0.6) is 5.75 Å². The lowest BCUT2D eigenvalue weighted by atomic mass is 10.0. The quantitative estimate of drug-likeness (QED) is 0.277. The van der Waals surface area contributed by atoms with Gasteiger partial charge in [0.15, 0.2) is 5.78 Å². The molecule has 0 aliphatic carbocycles. The van der Waals surface area contributed by atoms with Crippen LogP contribution in [-0.4, -0.2) is 24.6 Å². The number of carbonyl (C=O) groups excluding carboxylic acids is 1. The van der Waals surface area contributed by atoms with E-state index in [9.17, 15) is 4.79 Å². The summed E-state index contributed by atoms with van der Waals surface area (Å²) in [4.78, 5) is 11.4. The van der Waals surface area contributed by atoms with Gasteiger partial charge in [-0.3, -0.25) is 4.79 Å². The van der Waals surface area contributed by atoms with Crippen molar-refractivity contribution >= 4 is 5.78 Å². The van der Waals surface area contributed by atoms with E-state index in [-0.39, 0.29) is 11.4 Å². The SMILES string of the molecule is CC(=O)c1ccc(-c2ccc(C#Cc3ccc(OCCOC(C)(C)C)cc3)cc2)cc1. The van der Waals surface area contributed by atoms with Crippen LogP contribution < -0.4 is 4.74 Å². The Morgan fingerprint density at radius 3 is 1.71 bits per heavy atom. The third kappa shape index (κ3) is 7.13. The Labute approximate surface area is 185 Å². The van der Waals surface area contributed by atoms with E-state index in [0.29, 0.717) is 13.2 Å². The van der Waals surface area contributed by atoms with Crippen LogP contribution in [0.2, 0.25) is 0 Å². The van der Waals surface area contributed by atoms with E-state index in [0.717, 1.165) is 33.6 Å². The minimum Gasteiger partial charge on any atom is -0.491 e. The molecule has 0 fully saturated rings. The number of ether oxygens (including phenoxy) is 2. The van der Waals surface area contributed by atoms with Crippen molar-refractivity contribution in [1.29, 1.82) is 0 Å². The zero-order valence-corrected chi connectivity index (χ0v) is 18.6. The summed E-state index contributed by atoms with van der Waals surface area (Å²) >= 11 is 0. The third-order valence-corrected chi connectivity index (χ3v) is 4.60. The maximum absolute atomic E-state index is 11.4. The molecule has 0 unspecified atom stereocenters. The van der Waals surface area contributed by atoms with Crippen LogP contribution in [0, 0.1) is 11.8 Å². The minimum absolute atomic E-state index is 0.0753. The fourth-order valence-electron chi connectivity index (χ4n) is 2.93. The molecule has 0 saturated carbocycles. The second kappa shape index (κ2) is 10.1. The Kier molecular flexibility index (Phi) is 7.28. The van der Waals surface area contributed by atoms with Gasteiger partial charge in [-0.15, -0.1) is 0 Å². The van der Waals surface area contributed by atoms with E-state index in [4.69, 9.17) is 9.47 Å². The number of rotatable bonds is 6. The zero-order chi connectivity index (χ0) is 22.3. The van der Waals surface area contributed by atoms with Crippen LogP contribution in [0.15, 0.2) is 72.8 Å². The molecule has 0 N–H and O–H groups in total. The van der Waals surface area contributed by atoms with E-state index in [1.165, 1.54) is 0 Å². The molecule has 0 aromatic heterocycles. The second-order valence-corrected chi connectivity index (χ2v) is 8.29. The maximum Gasteiger partial charge on any atom is 0.159 e. The summed E-state index contributed by atoms with van der Waals surface area (Å²) in [6.07, 6.45) is 0. The summed E-state index contributed by atoms with van der Waals surface area (Å²) in [6, 6.07) is 23.5. The molecular weight excluding hydrogens is 384 g/mol. The number of hydrogen-bond acceptors (Lipinski definition) is 3. The molecule has 3 aromatic carbocycles. The topological polar surface area (TPSA) is 35.5 Å². The standard InChI is InChI=1S/C28H28O3/c1-21(29)24-13-15-26(16-14-24)25-11-7-22(8-12-25)5-6-23-9-17-27(18-10-23)30-19-20-31-28(2,3)4/h7-18H,19-20H2,1-4H3.